The zero-order valence-corrected chi connectivity index (χ0v) is 9.29. The summed E-state index contributed by atoms with van der Waals surface area (Å²) in [5.74, 6) is 0.761. The lowest BCUT2D eigenvalue weighted by atomic mass is 10.0. The average molecular weight is 220 g/mol. The first-order valence-electron chi connectivity index (χ1n) is 5.79. The van der Waals surface area contributed by atoms with Crippen molar-refractivity contribution in [2.24, 2.45) is 5.92 Å². The van der Waals surface area contributed by atoms with E-state index in [1.807, 2.05) is 0 Å². The molecule has 1 aromatic heterocycles. The van der Waals surface area contributed by atoms with E-state index in [-0.39, 0.29) is 11.9 Å². The fourth-order valence-electron chi connectivity index (χ4n) is 2.16. The molecule has 1 saturated carbocycles. The smallest absolute Gasteiger partial charge is 0.237 e. The van der Waals surface area contributed by atoms with Crippen molar-refractivity contribution in [2.75, 3.05) is 0 Å². The van der Waals surface area contributed by atoms with Crippen LogP contribution < -0.4 is 10.6 Å². The van der Waals surface area contributed by atoms with Crippen molar-refractivity contribution < 1.29 is 4.79 Å². The van der Waals surface area contributed by atoms with E-state index in [0.29, 0.717) is 24.9 Å². The number of H-pyrrole nitrogens is 1. The molecule has 2 aliphatic rings. The first kappa shape index (κ1) is 9.84. The Morgan fingerprint density at radius 2 is 2.44 bits per heavy atom. The molecule has 0 aromatic carbocycles. The van der Waals surface area contributed by atoms with Crippen LogP contribution in [0.15, 0.2) is 6.33 Å². The summed E-state index contributed by atoms with van der Waals surface area (Å²) in [5, 5.41) is 6.28. The standard InChI is InChI=1S/C11H16N4O/c1-6-2-7(6)15-11(16)9-3-8-10(4-12-9)14-5-13-8/h5-7,9,12H,2-4H2,1H3,(H,13,14)(H,15,16). The summed E-state index contributed by atoms with van der Waals surface area (Å²) < 4.78 is 0. The van der Waals surface area contributed by atoms with Crippen molar-refractivity contribution in [3.05, 3.63) is 17.7 Å². The third kappa shape index (κ3) is 1.71. The summed E-state index contributed by atoms with van der Waals surface area (Å²) in [5.41, 5.74) is 2.12. The normalized spacial score (nSPS) is 31.9. The molecule has 5 heteroatoms. The van der Waals surface area contributed by atoms with Gasteiger partial charge in [0.25, 0.3) is 0 Å². The summed E-state index contributed by atoms with van der Waals surface area (Å²) in [6.45, 7) is 2.86. The summed E-state index contributed by atoms with van der Waals surface area (Å²) in [4.78, 5) is 19.2. The lowest BCUT2D eigenvalue weighted by molar-refractivity contribution is -0.123. The van der Waals surface area contributed by atoms with Crippen molar-refractivity contribution in [2.45, 2.75) is 38.4 Å². The number of amides is 1. The zero-order valence-electron chi connectivity index (χ0n) is 9.29. The maximum Gasteiger partial charge on any atom is 0.237 e. The molecule has 3 rings (SSSR count). The number of rotatable bonds is 2. The summed E-state index contributed by atoms with van der Waals surface area (Å²) >= 11 is 0. The minimum atomic E-state index is -0.122. The molecule has 86 valence electrons. The fraction of sp³-hybridized carbons (Fsp3) is 0.636. The second-order valence-corrected chi connectivity index (χ2v) is 4.79. The predicted octanol–water partition coefficient (Wildman–Crippen LogP) is -0.0514. The third-order valence-electron chi connectivity index (χ3n) is 3.48. The predicted molar refractivity (Wildman–Crippen MR) is 58.6 cm³/mol. The van der Waals surface area contributed by atoms with Crippen LogP contribution in [0.25, 0.3) is 0 Å². The molecule has 5 nitrogen and oxygen atoms in total. The molecule has 0 bridgehead atoms. The Hall–Kier alpha value is -1.36. The largest absolute Gasteiger partial charge is 0.352 e. The fourth-order valence-corrected chi connectivity index (χ4v) is 2.16. The molecule has 1 aromatic rings. The minimum absolute atomic E-state index is 0.114. The number of fused-ring (bicyclic) bond motifs is 1. The van der Waals surface area contributed by atoms with E-state index in [4.69, 9.17) is 0 Å². The van der Waals surface area contributed by atoms with Gasteiger partial charge in [0, 0.05) is 19.0 Å². The van der Waals surface area contributed by atoms with E-state index in [1.54, 1.807) is 6.33 Å². The first-order chi connectivity index (χ1) is 7.74. The van der Waals surface area contributed by atoms with Crippen LogP contribution in [0.2, 0.25) is 0 Å². The van der Waals surface area contributed by atoms with Crippen LogP contribution >= 0.6 is 0 Å². The Morgan fingerprint density at radius 3 is 3.19 bits per heavy atom. The van der Waals surface area contributed by atoms with Crippen LogP contribution in [-0.2, 0) is 17.8 Å². The van der Waals surface area contributed by atoms with Gasteiger partial charge in [-0.1, -0.05) is 6.92 Å². The summed E-state index contributed by atoms with van der Waals surface area (Å²) in [6.07, 6.45) is 3.49. The molecule has 0 spiro atoms. The van der Waals surface area contributed by atoms with E-state index >= 15 is 0 Å². The molecular formula is C11H16N4O. The van der Waals surface area contributed by atoms with Crippen LogP contribution in [0, 0.1) is 5.92 Å². The highest BCUT2D eigenvalue weighted by atomic mass is 16.2. The van der Waals surface area contributed by atoms with Gasteiger partial charge in [-0.2, -0.15) is 0 Å². The number of hydrogen-bond donors (Lipinski definition) is 3. The molecule has 1 fully saturated rings. The van der Waals surface area contributed by atoms with Gasteiger partial charge in [-0.05, 0) is 12.3 Å². The molecular weight excluding hydrogens is 204 g/mol. The SMILES string of the molecule is CC1CC1NC(=O)C1Cc2nc[nH]c2CN1. The highest BCUT2D eigenvalue weighted by Crippen LogP contribution is 2.29. The van der Waals surface area contributed by atoms with Gasteiger partial charge in [-0.25, -0.2) is 4.98 Å². The summed E-state index contributed by atoms with van der Waals surface area (Å²) in [7, 11) is 0. The Kier molecular flexibility index (Phi) is 2.21. The highest BCUT2D eigenvalue weighted by molar-refractivity contribution is 5.82. The Labute approximate surface area is 94.0 Å². The average Bonchev–Trinajstić information content (AvgIpc) is 2.81. The number of aromatic nitrogens is 2. The van der Waals surface area contributed by atoms with Gasteiger partial charge in [-0.3, -0.25) is 10.1 Å². The van der Waals surface area contributed by atoms with E-state index < -0.39 is 0 Å². The number of carbonyl (C=O) groups is 1. The van der Waals surface area contributed by atoms with E-state index in [9.17, 15) is 4.79 Å². The maximum atomic E-state index is 11.9. The van der Waals surface area contributed by atoms with Gasteiger partial charge in [0.05, 0.1) is 23.8 Å². The molecule has 3 atom stereocenters. The zero-order chi connectivity index (χ0) is 11.1. The lowest BCUT2D eigenvalue weighted by Crippen LogP contribution is -2.48. The van der Waals surface area contributed by atoms with Crippen molar-refractivity contribution in [1.29, 1.82) is 0 Å². The number of imidazole rings is 1. The molecule has 0 radical (unpaired) electrons. The Bertz CT molecular complexity index is 414. The van der Waals surface area contributed by atoms with Crippen LogP contribution in [0.3, 0.4) is 0 Å². The second-order valence-electron chi connectivity index (χ2n) is 4.79. The van der Waals surface area contributed by atoms with Crippen molar-refractivity contribution in [1.82, 2.24) is 20.6 Å². The van der Waals surface area contributed by atoms with Crippen molar-refractivity contribution in [3.63, 3.8) is 0 Å². The second kappa shape index (κ2) is 3.59. The Balaban J connectivity index is 1.62. The van der Waals surface area contributed by atoms with Gasteiger partial charge < -0.3 is 10.3 Å². The highest BCUT2D eigenvalue weighted by Gasteiger charge is 2.36. The van der Waals surface area contributed by atoms with Crippen LogP contribution in [0.5, 0.6) is 0 Å². The van der Waals surface area contributed by atoms with E-state index in [2.05, 4.69) is 27.5 Å². The molecule has 1 aliphatic carbocycles. The summed E-state index contributed by atoms with van der Waals surface area (Å²) in [6, 6.07) is 0.276. The number of nitrogens with one attached hydrogen (secondary N) is 3. The number of nitrogens with zero attached hydrogens (tertiary/aromatic N) is 1. The quantitative estimate of drug-likeness (QED) is 0.654. The van der Waals surface area contributed by atoms with E-state index in [1.165, 1.54) is 0 Å². The molecule has 1 aliphatic heterocycles. The monoisotopic (exact) mass is 220 g/mol. The number of carbonyl (C=O) groups excluding carboxylic acids is 1. The number of aromatic amines is 1. The minimum Gasteiger partial charge on any atom is -0.352 e. The molecule has 0 saturated heterocycles. The van der Waals surface area contributed by atoms with Gasteiger partial charge >= 0.3 is 0 Å². The van der Waals surface area contributed by atoms with E-state index in [0.717, 1.165) is 17.8 Å². The van der Waals surface area contributed by atoms with Crippen LogP contribution in [-0.4, -0.2) is 28.0 Å². The van der Waals surface area contributed by atoms with Crippen molar-refractivity contribution >= 4 is 5.91 Å². The molecule has 2 heterocycles. The molecule has 3 unspecified atom stereocenters. The number of hydrogen-bond acceptors (Lipinski definition) is 3. The topological polar surface area (TPSA) is 69.8 Å². The van der Waals surface area contributed by atoms with Gasteiger partial charge in [0.2, 0.25) is 5.91 Å². The molecule has 1 amide bonds. The third-order valence-corrected chi connectivity index (χ3v) is 3.48. The Morgan fingerprint density at radius 1 is 1.62 bits per heavy atom. The maximum absolute atomic E-state index is 11.9. The van der Waals surface area contributed by atoms with Crippen molar-refractivity contribution in [3.8, 4) is 0 Å². The van der Waals surface area contributed by atoms with Crippen LogP contribution in [0.1, 0.15) is 24.7 Å². The van der Waals surface area contributed by atoms with Crippen LogP contribution in [0.4, 0.5) is 0 Å². The van der Waals surface area contributed by atoms with Gasteiger partial charge in [0.15, 0.2) is 0 Å². The first-order valence-corrected chi connectivity index (χ1v) is 5.79. The van der Waals surface area contributed by atoms with Gasteiger partial charge in [0.1, 0.15) is 0 Å². The van der Waals surface area contributed by atoms with Gasteiger partial charge in [-0.15, -0.1) is 0 Å². The lowest BCUT2D eigenvalue weighted by Gasteiger charge is -2.22. The molecule has 3 N–H and O–H groups in total. The molecule has 16 heavy (non-hydrogen) atoms.